The van der Waals surface area contributed by atoms with E-state index in [4.69, 9.17) is 16.1 Å². The predicted octanol–water partition coefficient (Wildman–Crippen LogP) is 3.24. The van der Waals surface area contributed by atoms with Crippen LogP contribution in [0.5, 0.6) is 0 Å². The van der Waals surface area contributed by atoms with E-state index in [-0.39, 0.29) is 16.6 Å². The summed E-state index contributed by atoms with van der Waals surface area (Å²) in [5, 5.41) is 4.44. The highest BCUT2D eigenvalue weighted by atomic mass is 35.5. The lowest BCUT2D eigenvalue weighted by Gasteiger charge is -2.00. The molecule has 9 heteroatoms. The zero-order valence-corrected chi connectivity index (χ0v) is 14.4. The Kier molecular flexibility index (Phi) is 4.49. The number of halogens is 1. The predicted molar refractivity (Wildman–Crippen MR) is 87.8 cm³/mol. The fraction of sp³-hybridized carbons (Fsp3) is 0.143. The van der Waals surface area contributed by atoms with Gasteiger partial charge in [-0.1, -0.05) is 16.8 Å². The standard InChI is InChI=1S/C14H12ClN3O3S2/c1-9-2-7-13(22-9)23(19,20)16-8-12-17-14(18-21-12)10-3-5-11(15)6-4-10/h2-7,16H,8H2,1H3. The van der Waals surface area contributed by atoms with E-state index in [1.54, 1.807) is 36.4 Å². The molecule has 0 bridgehead atoms. The van der Waals surface area contributed by atoms with Gasteiger partial charge in [0.1, 0.15) is 4.21 Å². The molecule has 23 heavy (non-hydrogen) atoms. The summed E-state index contributed by atoms with van der Waals surface area (Å²) in [6.07, 6.45) is 0. The lowest BCUT2D eigenvalue weighted by Crippen LogP contribution is -2.22. The molecule has 0 aliphatic heterocycles. The van der Waals surface area contributed by atoms with Crippen LogP contribution in [0.1, 0.15) is 10.8 Å². The van der Waals surface area contributed by atoms with E-state index in [0.29, 0.717) is 10.8 Å². The highest BCUT2D eigenvalue weighted by Crippen LogP contribution is 2.21. The van der Waals surface area contributed by atoms with Crippen molar-refractivity contribution in [2.24, 2.45) is 0 Å². The number of thiophene rings is 1. The average molecular weight is 370 g/mol. The smallest absolute Gasteiger partial charge is 0.250 e. The Hall–Kier alpha value is -1.74. The first-order chi connectivity index (χ1) is 10.9. The Morgan fingerprint density at radius 1 is 1.22 bits per heavy atom. The van der Waals surface area contributed by atoms with Gasteiger partial charge in [-0.15, -0.1) is 11.3 Å². The van der Waals surface area contributed by atoms with Gasteiger partial charge in [0.2, 0.25) is 11.7 Å². The second-order valence-electron chi connectivity index (χ2n) is 4.71. The van der Waals surface area contributed by atoms with Gasteiger partial charge in [0.25, 0.3) is 10.0 Å². The van der Waals surface area contributed by atoms with Crippen LogP contribution in [-0.2, 0) is 16.6 Å². The maximum atomic E-state index is 12.1. The largest absolute Gasteiger partial charge is 0.338 e. The monoisotopic (exact) mass is 369 g/mol. The quantitative estimate of drug-likeness (QED) is 0.746. The Labute approximate surface area is 142 Å². The number of nitrogens with zero attached hydrogens (tertiary/aromatic N) is 2. The van der Waals surface area contributed by atoms with Crippen LogP contribution >= 0.6 is 22.9 Å². The topological polar surface area (TPSA) is 85.1 Å². The van der Waals surface area contributed by atoms with Crippen molar-refractivity contribution in [2.45, 2.75) is 17.7 Å². The minimum Gasteiger partial charge on any atom is -0.338 e. The number of rotatable bonds is 5. The Balaban J connectivity index is 1.71. The van der Waals surface area contributed by atoms with Gasteiger partial charge in [0.15, 0.2) is 0 Å². The second-order valence-corrected chi connectivity index (χ2v) is 8.43. The molecule has 1 aromatic carbocycles. The molecule has 6 nitrogen and oxygen atoms in total. The van der Waals surface area contributed by atoms with Crippen molar-refractivity contribution in [1.82, 2.24) is 14.9 Å². The van der Waals surface area contributed by atoms with Crippen molar-refractivity contribution in [2.75, 3.05) is 0 Å². The minimum atomic E-state index is -3.58. The Morgan fingerprint density at radius 3 is 2.61 bits per heavy atom. The normalized spacial score (nSPS) is 11.7. The lowest BCUT2D eigenvalue weighted by atomic mass is 10.2. The molecule has 0 saturated carbocycles. The molecular weight excluding hydrogens is 358 g/mol. The first-order valence-electron chi connectivity index (χ1n) is 6.59. The molecule has 2 heterocycles. The highest BCUT2D eigenvalue weighted by Gasteiger charge is 2.18. The number of hydrogen-bond donors (Lipinski definition) is 1. The van der Waals surface area contributed by atoms with E-state index < -0.39 is 10.0 Å². The zero-order valence-electron chi connectivity index (χ0n) is 12.0. The van der Waals surface area contributed by atoms with Gasteiger partial charge in [0, 0.05) is 15.5 Å². The van der Waals surface area contributed by atoms with Gasteiger partial charge in [-0.2, -0.15) is 4.98 Å². The Bertz CT molecular complexity index is 917. The average Bonchev–Trinajstić information content (AvgIpc) is 3.15. The van der Waals surface area contributed by atoms with Gasteiger partial charge in [0.05, 0.1) is 6.54 Å². The first kappa shape index (κ1) is 16.1. The van der Waals surface area contributed by atoms with Crippen molar-refractivity contribution < 1.29 is 12.9 Å². The summed E-state index contributed by atoms with van der Waals surface area (Å²) in [6.45, 7) is 1.78. The van der Waals surface area contributed by atoms with Gasteiger partial charge in [-0.25, -0.2) is 13.1 Å². The number of nitrogens with one attached hydrogen (secondary N) is 1. The van der Waals surface area contributed by atoms with E-state index >= 15 is 0 Å². The molecule has 0 aliphatic rings. The molecule has 120 valence electrons. The third-order valence-electron chi connectivity index (χ3n) is 2.96. The van der Waals surface area contributed by atoms with Crippen LogP contribution in [0.3, 0.4) is 0 Å². The maximum absolute atomic E-state index is 12.1. The van der Waals surface area contributed by atoms with E-state index in [1.165, 1.54) is 11.3 Å². The SMILES string of the molecule is Cc1ccc(S(=O)(=O)NCc2nc(-c3ccc(Cl)cc3)no2)s1. The van der Waals surface area contributed by atoms with Crippen LogP contribution in [0.25, 0.3) is 11.4 Å². The molecule has 0 radical (unpaired) electrons. The minimum absolute atomic E-state index is 0.0696. The highest BCUT2D eigenvalue weighted by molar-refractivity contribution is 7.91. The number of aryl methyl sites for hydroxylation is 1. The van der Waals surface area contributed by atoms with Crippen LogP contribution < -0.4 is 4.72 Å². The summed E-state index contributed by atoms with van der Waals surface area (Å²) < 4.78 is 32.0. The van der Waals surface area contributed by atoms with Crippen molar-refractivity contribution in [3.63, 3.8) is 0 Å². The molecule has 0 unspecified atom stereocenters. The van der Waals surface area contributed by atoms with Crippen LogP contribution in [0.15, 0.2) is 45.1 Å². The van der Waals surface area contributed by atoms with E-state index in [1.807, 2.05) is 6.92 Å². The molecule has 0 saturated heterocycles. The zero-order chi connectivity index (χ0) is 16.4. The van der Waals surface area contributed by atoms with Crippen LogP contribution in [-0.4, -0.2) is 18.6 Å². The molecule has 0 atom stereocenters. The van der Waals surface area contributed by atoms with Gasteiger partial charge >= 0.3 is 0 Å². The molecule has 0 spiro atoms. The van der Waals surface area contributed by atoms with Crippen LogP contribution in [0.2, 0.25) is 5.02 Å². The molecular formula is C14H12ClN3O3S2. The van der Waals surface area contributed by atoms with E-state index in [0.717, 1.165) is 10.4 Å². The summed E-state index contributed by atoms with van der Waals surface area (Å²) in [4.78, 5) is 5.09. The van der Waals surface area contributed by atoms with E-state index in [2.05, 4.69) is 14.9 Å². The van der Waals surface area contributed by atoms with Gasteiger partial charge in [-0.05, 0) is 43.3 Å². The Morgan fingerprint density at radius 2 is 1.96 bits per heavy atom. The molecule has 3 rings (SSSR count). The van der Waals surface area contributed by atoms with Crippen molar-refractivity contribution in [1.29, 1.82) is 0 Å². The summed E-state index contributed by atoms with van der Waals surface area (Å²) in [7, 11) is -3.58. The van der Waals surface area contributed by atoms with Gasteiger partial charge < -0.3 is 4.52 Å². The lowest BCUT2D eigenvalue weighted by molar-refractivity contribution is 0.376. The molecule has 1 N–H and O–H groups in total. The number of aromatic nitrogens is 2. The van der Waals surface area contributed by atoms with Gasteiger partial charge in [-0.3, -0.25) is 0 Å². The second kappa shape index (κ2) is 6.40. The number of benzene rings is 1. The maximum Gasteiger partial charge on any atom is 0.250 e. The molecule has 0 amide bonds. The molecule has 0 aliphatic carbocycles. The van der Waals surface area contributed by atoms with Crippen molar-refractivity contribution in [3.05, 3.63) is 52.2 Å². The summed E-state index contributed by atoms with van der Waals surface area (Å²) >= 11 is 7.03. The summed E-state index contributed by atoms with van der Waals surface area (Å²) in [5.74, 6) is 0.564. The molecule has 0 fully saturated rings. The number of sulfonamides is 1. The molecule has 3 aromatic rings. The van der Waals surface area contributed by atoms with Crippen LogP contribution in [0, 0.1) is 6.92 Å². The fourth-order valence-corrected chi connectivity index (χ4v) is 4.26. The van der Waals surface area contributed by atoms with Crippen molar-refractivity contribution >= 4 is 33.0 Å². The fourth-order valence-electron chi connectivity index (χ4n) is 1.83. The number of hydrogen-bond acceptors (Lipinski definition) is 6. The van der Waals surface area contributed by atoms with E-state index in [9.17, 15) is 8.42 Å². The third-order valence-corrected chi connectivity index (χ3v) is 6.11. The third kappa shape index (κ3) is 3.78. The summed E-state index contributed by atoms with van der Waals surface area (Å²) in [5.41, 5.74) is 0.737. The van der Waals surface area contributed by atoms with Crippen molar-refractivity contribution in [3.8, 4) is 11.4 Å². The molecule has 2 aromatic heterocycles. The summed E-state index contributed by atoms with van der Waals surface area (Å²) in [6, 6.07) is 10.3. The van der Waals surface area contributed by atoms with Crippen LogP contribution in [0.4, 0.5) is 0 Å². The first-order valence-corrected chi connectivity index (χ1v) is 9.26.